The van der Waals surface area contributed by atoms with Crippen LogP contribution in [0.2, 0.25) is 0 Å². The van der Waals surface area contributed by atoms with Gasteiger partial charge in [-0.15, -0.1) is 0 Å². The van der Waals surface area contributed by atoms with Crippen molar-refractivity contribution in [1.29, 1.82) is 0 Å². The Bertz CT molecular complexity index is 1260. The first-order chi connectivity index (χ1) is 27.7. The molecule has 0 aliphatic rings. The Morgan fingerprint density at radius 3 is 1.60 bits per heavy atom. The minimum absolute atomic E-state index is 0.0914. The van der Waals surface area contributed by atoms with Crippen molar-refractivity contribution in [3.05, 3.63) is 97.2 Å². The van der Waals surface area contributed by atoms with Crippen molar-refractivity contribution < 1.29 is 43.0 Å². The van der Waals surface area contributed by atoms with Crippen molar-refractivity contribution in [1.82, 2.24) is 0 Å². The summed E-state index contributed by atoms with van der Waals surface area (Å²) in [5.74, 6) is -1.18. The molecular weight excluding hydrogens is 739 g/mol. The van der Waals surface area contributed by atoms with Gasteiger partial charge in [-0.25, -0.2) is 4.57 Å². The summed E-state index contributed by atoms with van der Waals surface area (Å²) in [4.78, 5) is 42.9. The molecule has 0 amide bonds. The van der Waals surface area contributed by atoms with E-state index in [9.17, 15) is 19.3 Å². The van der Waals surface area contributed by atoms with Gasteiger partial charge in [0.25, 0.3) is 0 Å². The Hall–Kier alpha value is -3.07. The zero-order chi connectivity index (χ0) is 41.9. The van der Waals surface area contributed by atoms with E-state index < -0.39 is 45.2 Å². The average molecular weight is 817 g/mol. The number of hydrogen-bond acceptors (Lipinski definition) is 7. The number of esters is 2. The first-order valence-corrected chi connectivity index (χ1v) is 23.2. The third-order valence-corrected chi connectivity index (χ3v) is 9.19. The van der Waals surface area contributed by atoms with Crippen LogP contribution >= 0.6 is 7.82 Å². The van der Waals surface area contributed by atoms with Gasteiger partial charge in [-0.05, 0) is 77.0 Å². The van der Waals surface area contributed by atoms with E-state index in [0.29, 0.717) is 6.42 Å². The van der Waals surface area contributed by atoms with Crippen LogP contribution in [0.15, 0.2) is 97.2 Å². The van der Waals surface area contributed by atoms with E-state index in [0.717, 1.165) is 64.2 Å². The quantitative estimate of drug-likeness (QED) is 0.0183. The molecular formula is C47H77O9P. The molecule has 0 aromatic carbocycles. The number of phosphoric ester groups is 1. The van der Waals surface area contributed by atoms with E-state index >= 15 is 0 Å². The predicted molar refractivity (Wildman–Crippen MR) is 236 cm³/mol. The number of allylic oxidation sites excluding steroid dienone is 15. The summed E-state index contributed by atoms with van der Waals surface area (Å²) >= 11 is 0. The highest BCUT2D eigenvalue weighted by Crippen LogP contribution is 2.36. The second-order valence-corrected chi connectivity index (χ2v) is 15.4. The van der Waals surface area contributed by atoms with Crippen LogP contribution < -0.4 is 0 Å². The monoisotopic (exact) mass is 817 g/mol. The zero-order valence-electron chi connectivity index (χ0n) is 35.3. The molecule has 0 aliphatic carbocycles. The lowest BCUT2D eigenvalue weighted by Gasteiger charge is -2.18. The van der Waals surface area contributed by atoms with Crippen LogP contribution in [-0.4, -0.2) is 52.3 Å². The fourth-order valence-corrected chi connectivity index (χ4v) is 5.81. The van der Waals surface area contributed by atoms with E-state index in [4.69, 9.17) is 19.3 Å². The predicted octanol–water partition coefficient (Wildman–Crippen LogP) is 12.4. The topological polar surface area (TPSA) is 140 Å². The summed E-state index contributed by atoms with van der Waals surface area (Å²) in [7, 11) is -4.82. The van der Waals surface area contributed by atoms with Crippen LogP contribution in [0, 0.1) is 0 Å². The Morgan fingerprint density at radius 2 is 1.05 bits per heavy atom. The maximum atomic E-state index is 12.4. The Morgan fingerprint density at radius 1 is 0.561 bits per heavy atom. The lowest BCUT2D eigenvalue weighted by molar-refractivity contribution is -0.161. The number of ether oxygens (including phenoxy) is 2. The molecule has 9 nitrogen and oxygen atoms in total. The Kier molecular flexibility index (Phi) is 38.9. The average Bonchev–Trinajstić information content (AvgIpc) is 3.18. The SMILES string of the molecule is CC/C=C\C/C=C\C/C=C\C/C=C\C/C=C\C=C/C(O)CCC(=O)OC[C@H](COP(=O)(O)O)OC(=O)CCCCCCCCCCC/C=C\C/C=C\CCCCC. The second-order valence-electron chi connectivity index (χ2n) is 14.1. The first kappa shape index (κ1) is 53.9. The highest BCUT2D eigenvalue weighted by molar-refractivity contribution is 7.46. The van der Waals surface area contributed by atoms with Gasteiger partial charge < -0.3 is 24.4 Å². The normalized spacial score (nSPS) is 14.0. The summed E-state index contributed by atoms with van der Waals surface area (Å²) in [5, 5.41) is 10.2. The van der Waals surface area contributed by atoms with Crippen LogP contribution in [0.25, 0.3) is 0 Å². The van der Waals surface area contributed by atoms with Crippen molar-refractivity contribution in [2.75, 3.05) is 13.2 Å². The molecule has 0 fully saturated rings. The summed E-state index contributed by atoms with van der Waals surface area (Å²) in [6, 6.07) is 0. The van der Waals surface area contributed by atoms with Gasteiger partial charge >= 0.3 is 19.8 Å². The van der Waals surface area contributed by atoms with Crippen molar-refractivity contribution in [2.24, 2.45) is 0 Å². The van der Waals surface area contributed by atoms with Crippen molar-refractivity contribution >= 4 is 19.8 Å². The number of aliphatic hydroxyl groups excluding tert-OH is 1. The Balaban J connectivity index is 4.15. The van der Waals surface area contributed by atoms with E-state index in [-0.39, 0.29) is 19.3 Å². The molecule has 0 aromatic heterocycles. The molecule has 0 saturated heterocycles. The smallest absolute Gasteiger partial charge is 0.462 e. The summed E-state index contributed by atoms with van der Waals surface area (Å²) in [5.41, 5.74) is 0. The number of rotatable bonds is 38. The van der Waals surface area contributed by atoms with Gasteiger partial charge in [0, 0.05) is 12.8 Å². The molecule has 2 atom stereocenters. The lowest BCUT2D eigenvalue weighted by Crippen LogP contribution is -2.29. The molecule has 57 heavy (non-hydrogen) atoms. The molecule has 3 N–H and O–H groups in total. The summed E-state index contributed by atoms with van der Waals surface area (Å²) in [6.07, 6.45) is 53.1. The Labute approximate surface area is 346 Å². The number of hydrogen-bond donors (Lipinski definition) is 3. The molecule has 0 rings (SSSR count). The van der Waals surface area contributed by atoms with Gasteiger partial charge in [-0.2, -0.15) is 0 Å². The van der Waals surface area contributed by atoms with Gasteiger partial charge in [0.15, 0.2) is 6.10 Å². The van der Waals surface area contributed by atoms with Gasteiger partial charge in [0.2, 0.25) is 0 Å². The highest BCUT2D eigenvalue weighted by atomic mass is 31.2. The van der Waals surface area contributed by atoms with E-state index in [1.54, 1.807) is 12.2 Å². The molecule has 10 heteroatoms. The summed E-state index contributed by atoms with van der Waals surface area (Å²) in [6.45, 7) is 3.33. The fraction of sp³-hybridized carbons (Fsp3) is 0.617. The lowest BCUT2D eigenvalue weighted by atomic mass is 10.1. The maximum absolute atomic E-state index is 12.4. The van der Waals surface area contributed by atoms with Crippen LogP contribution in [0.4, 0.5) is 0 Å². The first-order valence-electron chi connectivity index (χ1n) is 21.6. The maximum Gasteiger partial charge on any atom is 0.469 e. The minimum Gasteiger partial charge on any atom is -0.462 e. The molecule has 0 bridgehead atoms. The molecule has 0 spiro atoms. The van der Waals surface area contributed by atoms with Crippen molar-refractivity contribution in [3.63, 3.8) is 0 Å². The van der Waals surface area contributed by atoms with Gasteiger partial charge in [-0.3, -0.25) is 14.1 Å². The number of carbonyl (C=O) groups excluding carboxylic acids is 2. The molecule has 0 saturated carbocycles. The number of aliphatic hydroxyl groups is 1. The van der Waals surface area contributed by atoms with Crippen molar-refractivity contribution in [2.45, 2.75) is 174 Å². The zero-order valence-corrected chi connectivity index (χ0v) is 36.2. The molecule has 0 heterocycles. The van der Waals surface area contributed by atoms with Crippen LogP contribution in [0.3, 0.4) is 0 Å². The minimum atomic E-state index is -4.82. The summed E-state index contributed by atoms with van der Waals surface area (Å²) < 4.78 is 26.2. The van der Waals surface area contributed by atoms with Gasteiger partial charge in [-0.1, -0.05) is 169 Å². The third-order valence-electron chi connectivity index (χ3n) is 8.70. The van der Waals surface area contributed by atoms with E-state index in [2.05, 4.69) is 91.3 Å². The fourth-order valence-electron chi connectivity index (χ4n) is 5.45. The van der Waals surface area contributed by atoms with E-state index in [1.807, 2.05) is 12.2 Å². The molecule has 0 aromatic rings. The van der Waals surface area contributed by atoms with Crippen molar-refractivity contribution in [3.8, 4) is 0 Å². The van der Waals surface area contributed by atoms with Crippen LogP contribution in [-0.2, 0) is 28.2 Å². The standard InChI is InChI=1S/C47H77O9P/c1-3-5-7-9-11-13-15-17-19-21-22-23-25-27-29-31-33-35-37-39-47(50)56-45(43-55-57(51,52)53)42-54-46(49)41-40-44(48)38-36-34-32-30-28-26-24-20-18-16-14-12-10-8-6-4-2/h6,8,11-14,17-20,26,28,32,34,36,38,44-45,48H,3-5,7,9-10,15-16,21-25,27,29-31,33,35,37,39-43H2,1-2H3,(H2,51,52,53)/b8-6-,13-11-,14-12-,19-17-,20-18-,28-26-,34-32-,38-36-/t44?,45-/m1/s1. The third kappa shape index (κ3) is 43.9. The number of phosphoric acid groups is 1. The van der Waals surface area contributed by atoms with Gasteiger partial charge in [0.1, 0.15) is 6.61 Å². The van der Waals surface area contributed by atoms with Gasteiger partial charge in [0.05, 0.1) is 12.7 Å². The highest BCUT2D eigenvalue weighted by Gasteiger charge is 2.23. The molecule has 324 valence electrons. The molecule has 1 unspecified atom stereocenters. The number of unbranched alkanes of at least 4 members (excludes halogenated alkanes) is 12. The van der Waals surface area contributed by atoms with Crippen LogP contribution in [0.5, 0.6) is 0 Å². The number of carbonyl (C=O) groups is 2. The molecule has 0 aliphatic heterocycles. The largest absolute Gasteiger partial charge is 0.469 e. The van der Waals surface area contributed by atoms with Crippen LogP contribution in [0.1, 0.15) is 162 Å². The second kappa shape index (κ2) is 41.1. The molecule has 0 radical (unpaired) electrons. The van der Waals surface area contributed by atoms with E-state index in [1.165, 1.54) is 57.8 Å².